The Kier molecular flexibility index (Phi) is 5.80. The van der Waals surface area contributed by atoms with Crippen molar-refractivity contribution in [2.24, 2.45) is 0 Å². The van der Waals surface area contributed by atoms with Gasteiger partial charge in [-0.3, -0.25) is 4.79 Å². The Hall–Kier alpha value is -3.00. The summed E-state index contributed by atoms with van der Waals surface area (Å²) in [4.78, 5) is 15.8. The molecule has 31 heavy (non-hydrogen) atoms. The molecule has 1 aromatic heterocycles. The SMILES string of the molecule is O=C(CCSc1ccccc1)N1CCCC(c2nnc(-c3ccc4c(c3)OCO4)o2)C1. The van der Waals surface area contributed by atoms with Crippen LogP contribution in [0.1, 0.15) is 31.1 Å². The Morgan fingerprint density at radius 1 is 1.10 bits per heavy atom. The number of nitrogens with zero attached hydrogens (tertiary/aromatic N) is 3. The van der Waals surface area contributed by atoms with Gasteiger partial charge in [-0.05, 0) is 43.2 Å². The molecule has 0 N–H and O–H groups in total. The highest BCUT2D eigenvalue weighted by Gasteiger charge is 2.28. The number of likely N-dealkylation sites (tertiary alicyclic amines) is 1. The lowest BCUT2D eigenvalue weighted by molar-refractivity contribution is -0.132. The first-order valence-corrected chi connectivity index (χ1v) is 11.4. The fourth-order valence-electron chi connectivity index (χ4n) is 3.88. The molecule has 7 nitrogen and oxygen atoms in total. The van der Waals surface area contributed by atoms with E-state index in [0.717, 1.165) is 36.5 Å². The van der Waals surface area contributed by atoms with Crippen LogP contribution in [0, 0.1) is 0 Å². The topological polar surface area (TPSA) is 77.7 Å². The molecule has 1 fully saturated rings. The van der Waals surface area contributed by atoms with E-state index in [9.17, 15) is 4.79 Å². The van der Waals surface area contributed by atoms with Crippen LogP contribution in [0.5, 0.6) is 11.5 Å². The van der Waals surface area contributed by atoms with Crippen molar-refractivity contribution in [3.63, 3.8) is 0 Å². The minimum absolute atomic E-state index is 0.0646. The predicted molar refractivity (Wildman–Crippen MR) is 116 cm³/mol. The average Bonchev–Trinajstić information content (AvgIpc) is 3.49. The number of aromatic nitrogens is 2. The molecular weight excluding hydrogens is 414 g/mol. The van der Waals surface area contributed by atoms with E-state index in [1.165, 1.54) is 4.90 Å². The van der Waals surface area contributed by atoms with Gasteiger partial charge in [0.15, 0.2) is 11.5 Å². The summed E-state index contributed by atoms with van der Waals surface area (Å²) in [5, 5.41) is 8.49. The lowest BCUT2D eigenvalue weighted by atomic mass is 9.98. The molecule has 0 radical (unpaired) electrons. The molecule has 2 aliphatic rings. The first-order chi connectivity index (χ1) is 15.3. The third kappa shape index (κ3) is 4.54. The summed E-state index contributed by atoms with van der Waals surface area (Å²) >= 11 is 1.71. The van der Waals surface area contributed by atoms with Crippen molar-refractivity contribution in [1.29, 1.82) is 0 Å². The van der Waals surface area contributed by atoms with Crippen LogP contribution in [0.15, 0.2) is 57.8 Å². The molecule has 0 bridgehead atoms. The van der Waals surface area contributed by atoms with Crippen molar-refractivity contribution in [1.82, 2.24) is 15.1 Å². The number of amides is 1. The van der Waals surface area contributed by atoms with E-state index in [1.54, 1.807) is 11.8 Å². The van der Waals surface area contributed by atoms with Crippen LogP contribution in [0.25, 0.3) is 11.5 Å². The molecule has 8 heteroatoms. The van der Waals surface area contributed by atoms with Crippen LogP contribution < -0.4 is 9.47 Å². The van der Waals surface area contributed by atoms with Crippen molar-refractivity contribution in [2.75, 3.05) is 25.6 Å². The van der Waals surface area contributed by atoms with Crippen LogP contribution >= 0.6 is 11.8 Å². The van der Waals surface area contributed by atoms with Gasteiger partial charge in [-0.15, -0.1) is 22.0 Å². The number of hydrogen-bond acceptors (Lipinski definition) is 7. The van der Waals surface area contributed by atoms with Gasteiger partial charge in [-0.1, -0.05) is 18.2 Å². The summed E-state index contributed by atoms with van der Waals surface area (Å²) in [6, 6.07) is 15.7. The van der Waals surface area contributed by atoms with Gasteiger partial charge in [-0.2, -0.15) is 0 Å². The number of carbonyl (C=O) groups is 1. The number of piperidine rings is 1. The van der Waals surface area contributed by atoms with Crippen molar-refractivity contribution in [3.8, 4) is 23.0 Å². The molecule has 1 atom stereocenters. The summed E-state index contributed by atoms with van der Waals surface area (Å²) in [5.41, 5.74) is 0.796. The molecule has 1 saturated heterocycles. The van der Waals surface area contributed by atoms with Gasteiger partial charge < -0.3 is 18.8 Å². The van der Waals surface area contributed by atoms with Crippen LogP contribution in [0.2, 0.25) is 0 Å². The number of hydrogen-bond donors (Lipinski definition) is 0. The lowest BCUT2D eigenvalue weighted by Crippen LogP contribution is -2.39. The molecule has 1 amide bonds. The van der Waals surface area contributed by atoms with Gasteiger partial charge in [0, 0.05) is 35.7 Å². The molecule has 5 rings (SSSR count). The molecule has 0 saturated carbocycles. The largest absolute Gasteiger partial charge is 0.454 e. The monoisotopic (exact) mass is 437 g/mol. The van der Waals surface area contributed by atoms with E-state index in [1.807, 2.05) is 41.3 Å². The summed E-state index contributed by atoms with van der Waals surface area (Å²) in [6.07, 6.45) is 2.40. The molecule has 0 spiro atoms. The normalized spacial score (nSPS) is 17.7. The Morgan fingerprint density at radius 2 is 1.97 bits per heavy atom. The second-order valence-electron chi connectivity index (χ2n) is 7.60. The van der Waals surface area contributed by atoms with E-state index in [-0.39, 0.29) is 18.6 Å². The van der Waals surface area contributed by atoms with E-state index in [4.69, 9.17) is 13.9 Å². The lowest BCUT2D eigenvalue weighted by Gasteiger charge is -2.31. The molecule has 160 valence electrons. The summed E-state index contributed by atoms with van der Waals surface area (Å²) < 4.78 is 16.8. The van der Waals surface area contributed by atoms with Crippen LogP contribution in [0.4, 0.5) is 0 Å². The number of fused-ring (bicyclic) bond motifs is 1. The summed E-state index contributed by atoms with van der Waals surface area (Å²) in [6.45, 7) is 1.63. The highest BCUT2D eigenvalue weighted by atomic mass is 32.2. The Bertz CT molecular complexity index is 1060. The van der Waals surface area contributed by atoms with Gasteiger partial charge in [0.1, 0.15) is 0 Å². The van der Waals surface area contributed by atoms with E-state index in [2.05, 4.69) is 22.3 Å². The standard InChI is InChI=1S/C23H23N3O4S/c27-21(10-12-31-18-6-2-1-3-7-18)26-11-4-5-17(14-26)23-25-24-22(30-23)16-8-9-19-20(13-16)29-15-28-19/h1-3,6-9,13,17H,4-5,10-12,14-15H2. The maximum Gasteiger partial charge on any atom is 0.247 e. The van der Waals surface area contributed by atoms with Gasteiger partial charge in [0.05, 0.1) is 5.92 Å². The van der Waals surface area contributed by atoms with Crippen molar-refractivity contribution in [2.45, 2.75) is 30.1 Å². The van der Waals surface area contributed by atoms with Crippen LogP contribution in [0.3, 0.4) is 0 Å². The number of thioether (sulfide) groups is 1. The van der Waals surface area contributed by atoms with Crippen LogP contribution in [-0.4, -0.2) is 46.6 Å². The van der Waals surface area contributed by atoms with E-state index >= 15 is 0 Å². The molecule has 3 heterocycles. The van der Waals surface area contributed by atoms with Gasteiger partial charge in [0.2, 0.25) is 24.5 Å². The molecule has 2 aromatic carbocycles. The zero-order valence-corrected chi connectivity index (χ0v) is 17.8. The van der Waals surface area contributed by atoms with E-state index in [0.29, 0.717) is 30.5 Å². The van der Waals surface area contributed by atoms with Crippen molar-refractivity contribution < 1.29 is 18.7 Å². The third-order valence-electron chi connectivity index (χ3n) is 5.51. The molecule has 1 unspecified atom stereocenters. The molecule has 3 aromatic rings. The van der Waals surface area contributed by atoms with Gasteiger partial charge in [0.25, 0.3) is 0 Å². The first kappa shape index (κ1) is 19.9. The highest BCUT2D eigenvalue weighted by Crippen LogP contribution is 2.36. The Labute approximate surface area is 184 Å². The quantitative estimate of drug-likeness (QED) is 0.531. The number of carbonyl (C=O) groups excluding carboxylic acids is 1. The molecular formula is C23H23N3O4S. The summed E-state index contributed by atoms with van der Waals surface area (Å²) in [7, 11) is 0. The number of benzene rings is 2. The van der Waals surface area contributed by atoms with Crippen molar-refractivity contribution >= 4 is 17.7 Å². The minimum atomic E-state index is 0.0646. The third-order valence-corrected chi connectivity index (χ3v) is 6.53. The maximum atomic E-state index is 12.7. The maximum absolute atomic E-state index is 12.7. The average molecular weight is 438 g/mol. The second kappa shape index (κ2) is 9.01. The predicted octanol–water partition coefficient (Wildman–Crippen LogP) is 4.35. The van der Waals surface area contributed by atoms with E-state index < -0.39 is 0 Å². The van der Waals surface area contributed by atoms with Crippen molar-refractivity contribution in [3.05, 3.63) is 54.4 Å². The first-order valence-electron chi connectivity index (χ1n) is 10.5. The fraction of sp³-hybridized carbons (Fsp3) is 0.348. The molecule has 2 aliphatic heterocycles. The minimum Gasteiger partial charge on any atom is -0.454 e. The van der Waals surface area contributed by atoms with Crippen LogP contribution in [-0.2, 0) is 4.79 Å². The smallest absolute Gasteiger partial charge is 0.247 e. The Balaban J connectivity index is 1.19. The molecule has 0 aliphatic carbocycles. The number of ether oxygens (including phenoxy) is 2. The zero-order chi connectivity index (χ0) is 21.0. The zero-order valence-electron chi connectivity index (χ0n) is 17.0. The van der Waals surface area contributed by atoms with Gasteiger partial charge >= 0.3 is 0 Å². The summed E-state index contributed by atoms with van der Waals surface area (Å²) in [5.74, 6) is 3.47. The number of rotatable bonds is 6. The fourth-order valence-corrected chi connectivity index (χ4v) is 4.74. The Morgan fingerprint density at radius 3 is 2.87 bits per heavy atom. The highest BCUT2D eigenvalue weighted by molar-refractivity contribution is 7.99. The second-order valence-corrected chi connectivity index (χ2v) is 8.77. The van der Waals surface area contributed by atoms with Gasteiger partial charge in [-0.25, -0.2) is 0 Å².